The molecule has 2 nitrogen and oxygen atoms in total. The molecule has 19 heavy (non-hydrogen) atoms. The number of hydrogen-bond acceptors (Lipinski definition) is 2. The van der Waals surface area contributed by atoms with Gasteiger partial charge < -0.3 is 4.43 Å². The summed E-state index contributed by atoms with van der Waals surface area (Å²) in [4.78, 5) is 12.6. The second kappa shape index (κ2) is 4.40. The molecular weight excluding hydrogens is 268 g/mol. The average molecular weight is 293 g/mol. The Morgan fingerprint density at radius 2 is 1.68 bits per heavy atom. The summed E-state index contributed by atoms with van der Waals surface area (Å²) >= 11 is 0. The topological polar surface area (TPSA) is 26.3 Å². The first-order valence-electron chi connectivity index (χ1n) is 6.90. The summed E-state index contributed by atoms with van der Waals surface area (Å²) in [6.07, 6.45) is 0.725. The number of Topliss-reactive ketones (excluding diaryl/α,β-unsaturated/α-hetero) is 1. The molecule has 0 aliphatic heterocycles. The van der Waals surface area contributed by atoms with Crippen LogP contribution in [0.2, 0.25) is 32.7 Å². The molecule has 1 unspecified atom stereocenters. The van der Waals surface area contributed by atoms with Crippen LogP contribution in [0.5, 0.6) is 0 Å². The molecule has 1 atom stereocenters. The molecule has 0 amide bonds. The highest BCUT2D eigenvalue weighted by Crippen LogP contribution is 2.36. The van der Waals surface area contributed by atoms with Crippen molar-refractivity contribution in [3.8, 4) is 0 Å². The van der Waals surface area contributed by atoms with E-state index in [4.69, 9.17) is 4.43 Å². The molecule has 0 N–H and O–H groups in total. The summed E-state index contributed by atoms with van der Waals surface area (Å²) in [5.41, 5.74) is 1.35. The summed E-state index contributed by atoms with van der Waals surface area (Å²) in [5.74, 6) is 0.168. The molecule has 1 aliphatic carbocycles. The van der Waals surface area contributed by atoms with Crippen molar-refractivity contribution in [3.05, 3.63) is 35.4 Å². The molecule has 1 aromatic rings. The van der Waals surface area contributed by atoms with Gasteiger partial charge in [-0.25, -0.2) is 0 Å². The van der Waals surface area contributed by atoms with Crippen molar-refractivity contribution < 1.29 is 9.22 Å². The number of ketones is 1. The van der Waals surface area contributed by atoms with Gasteiger partial charge in [0.15, 0.2) is 13.6 Å². The van der Waals surface area contributed by atoms with Crippen LogP contribution in [0.4, 0.5) is 0 Å². The van der Waals surface area contributed by atoms with E-state index in [0.29, 0.717) is 0 Å². The maximum Gasteiger partial charge on any atom is 0.193 e. The number of fused-ring (bicyclic) bond motifs is 1. The van der Waals surface area contributed by atoms with Gasteiger partial charge in [0, 0.05) is 12.0 Å². The standard InChI is InChI=1S/C15H24O2Si2/c1-15(17-19(5,6)18(2,3)4)11-12-9-7-8-10-13(12)14(15)16/h7-10H,11H2,1-6H3. The minimum absolute atomic E-state index is 0.168. The lowest BCUT2D eigenvalue weighted by atomic mass is 10.0. The lowest BCUT2D eigenvalue weighted by Gasteiger charge is -2.41. The fraction of sp³-hybridized carbons (Fsp3) is 0.533. The molecular formula is C15H24O2Si2. The largest absolute Gasteiger partial charge is 0.407 e. The van der Waals surface area contributed by atoms with Gasteiger partial charge in [0.25, 0.3) is 0 Å². The summed E-state index contributed by atoms with van der Waals surface area (Å²) in [6.45, 7) is 13.5. The molecule has 0 saturated heterocycles. The molecule has 1 aliphatic rings. The molecule has 104 valence electrons. The van der Waals surface area contributed by atoms with E-state index in [-0.39, 0.29) is 5.78 Å². The molecule has 0 saturated carbocycles. The van der Waals surface area contributed by atoms with Crippen LogP contribution in [0.25, 0.3) is 0 Å². The fourth-order valence-electron chi connectivity index (χ4n) is 2.42. The van der Waals surface area contributed by atoms with Crippen LogP contribution in [0, 0.1) is 0 Å². The SMILES string of the molecule is CC1(O[Si](C)(C)[Si](C)(C)C)Cc2ccccc2C1=O. The fourth-order valence-corrected chi connectivity index (χ4v) is 5.61. The predicted octanol–water partition coefficient (Wildman–Crippen LogP) is 3.82. The van der Waals surface area contributed by atoms with E-state index in [1.54, 1.807) is 0 Å². The number of carbonyl (C=O) groups excluding carboxylic acids is 1. The van der Waals surface area contributed by atoms with Crippen LogP contribution < -0.4 is 0 Å². The highest BCUT2D eigenvalue weighted by molar-refractivity contribution is 7.37. The second-order valence-electron chi connectivity index (χ2n) is 7.26. The normalized spacial score (nSPS) is 23.6. The predicted molar refractivity (Wildman–Crippen MR) is 84.8 cm³/mol. The molecule has 4 heteroatoms. The number of hydrogen-bond donors (Lipinski definition) is 0. The van der Waals surface area contributed by atoms with Crippen LogP contribution in [-0.4, -0.2) is 26.8 Å². The number of rotatable bonds is 3. The van der Waals surface area contributed by atoms with E-state index in [2.05, 4.69) is 32.7 Å². The van der Waals surface area contributed by atoms with Gasteiger partial charge in [-0.15, -0.1) is 0 Å². The van der Waals surface area contributed by atoms with Gasteiger partial charge in [-0.2, -0.15) is 0 Å². The smallest absolute Gasteiger partial charge is 0.193 e. The van der Waals surface area contributed by atoms with Gasteiger partial charge >= 0.3 is 0 Å². The van der Waals surface area contributed by atoms with E-state index in [1.165, 1.54) is 0 Å². The number of carbonyl (C=O) groups is 1. The summed E-state index contributed by atoms with van der Waals surface area (Å²) in [5, 5.41) is 0. The second-order valence-corrected chi connectivity index (χ2v) is 23.1. The summed E-state index contributed by atoms with van der Waals surface area (Å²) in [7, 11) is -3.17. The minimum Gasteiger partial charge on any atom is -0.407 e. The first-order valence-corrected chi connectivity index (χ1v) is 14.3. The quantitative estimate of drug-likeness (QED) is 0.792. The van der Waals surface area contributed by atoms with Crippen LogP contribution in [0.3, 0.4) is 0 Å². The Hall–Kier alpha value is -0.716. The van der Waals surface area contributed by atoms with E-state index >= 15 is 0 Å². The maximum absolute atomic E-state index is 12.6. The van der Waals surface area contributed by atoms with E-state index in [0.717, 1.165) is 17.5 Å². The third-order valence-electron chi connectivity index (χ3n) is 4.56. The zero-order chi connectivity index (χ0) is 14.5. The Morgan fingerprint density at radius 3 is 2.21 bits per heavy atom. The van der Waals surface area contributed by atoms with Crippen molar-refractivity contribution in [1.82, 2.24) is 0 Å². The van der Waals surface area contributed by atoms with Crippen LogP contribution in [0.15, 0.2) is 24.3 Å². The van der Waals surface area contributed by atoms with Gasteiger partial charge in [-0.1, -0.05) is 43.9 Å². The van der Waals surface area contributed by atoms with Crippen molar-refractivity contribution in [2.75, 3.05) is 0 Å². The van der Waals surface area contributed by atoms with Crippen LogP contribution in [-0.2, 0) is 10.8 Å². The maximum atomic E-state index is 12.6. The molecule has 0 bridgehead atoms. The Bertz CT molecular complexity index is 517. The summed E-state index contributed by atoms with van der Waals surface area (Å²) < 4.78 is 6.50. The molecule has 2 rings (SSSR count). The first kappa shape index (κ1) is 14.7. The van der Waals surface area contributed by atoms with Gasteiger partial charge in [-0.05, 0) is 25.6 Å². The third kappa shape index (κ3) is 2.49. The van der Waals surface area contributed by atoms with Gasteiger partial charge in [0.05, 0.1) is 7.59 Å². The number of benzene rings is 1. The molecule has 0 spiro atoms. The van der Waals surface area contributed by atoms with Gasteiger partial charge in [-0.3, -0.25) is 4.79 Å². The third-order valence-corrected chi connectivity index (χ3v) is 20.3. The first-order chi connectivity index (χ1) is 8.57. The van der Waals surface area contributed by atoms with Crippen LogP contribution >= 0.6 is 0 Å². The molecule has 1 aromatic carbocycles. The van der Waals surface area contributed by atoms with Crippen molar-refractivity contribution in [1.29, 1.82) is 0 Å². The Kier molecular flexibility index (Phi) is 3.40. The van der Waals surface area contributed by atoms with E-state index in [1.807, 2.05) is 31.2 Å². The van der Waals surface area contributed by atoms with Crippen LogP contribution in [0.1, 0.15) is 22.8 Å². The molecule has 0 heterocycles. The van der Waals surface area contributed by atoms with Gasteiger partial charge in [0.2, 0.25) is 0 Å². The van der Waals surface area contributed by atoms with Crippen molar-refractivity contribution in [2.24, 2.45) is 0 Å². The zero-order valence-electron chi connectivity index (χ0n) is 12.8. The van der Waals surface area contributed by atoms with Crippen molar-refractivity contribution >= 4 is 21.2 Å². The van der Waals surface area contributed by atoms with E-state index in [9.17, 15) is 4.79 Å². The Morgan fingerprint density at radius 1 is 1.11 bits per heavy atom. The van der Waals surface area contributed by atoms with Crippen molar-refractivity contribution in [3.63, 3.8) is 0 Å². The zero-order valence-corrected chi connectivity index (χ0v) is 14.8. The van der Waals surface area contributed by atoms with Gasteiger partial charge in [0.1, 0.15) is 5.60 Å². The molecule has 0 aromatic heterocycles. The molecule has 0 fully saturated rings. The molecule has 0 radical (unpaired) electrons. The highest BCUT2D eigenvalue weighted by Gasteiger charge is 2.50. The van der Waals surface area contributed by atoms with E-state index < -0.39 is 21.0 Å². The Balaban J connectivity index is 2.31. The summed E-state index contributed by atoms with van der Waals surface area (Å²) in [6, 6.07) is 7.91. The lowest BCUT2D eigenvalue weighted by Crippen LogP contribution is -2.60. The minimum atomic E-state index is -1.81. The lowest BCUT2D eigenvalue weighted by molar-refractivity contribution is 0.0550. The van der Waals surface area contributed by atoms with Crippen molar-refractivity contribution in [2.45, 2.75) is 51.7 Å². The Labute approximate surface area is 118 Å². The average Bonchev–Trinajstić information content (AvgIpc) is 2.49. The monoisotopic (exact) mass is 292 g/mol. The highest BCUT2D eigenvalue weighted by atomic mass is 29.3.